The van der Waals surface area contributed by atoms with Gasteiger partial charge in [-0.3, -0.25) is 4.79 Å². The monoisotopic (exact) mass is 325 g/mol. The van der Waals surface area contributed by atoms with E-state index in [-0.39, 0.29) is 5.91 Å². The van der Waals surface area contributed by atoms with Crippen molar-refractivity contribution in [1.29, 1.82) is 0 Å². The van der Waals surface area contributed by atoms with Gasteiger partial charge in [-0.2, -0.15) is 0 Å². The summed E-state index contributed by atoms with van der Waals surface area (Å²) in [5, 5.41) is 0. The van der Waals surface area contributed by atoms with Gasteiger partial charge in [0.15, 0.2) is 0 Å². The number of anilines is 1. The number of aromatic nitrogens is 1. The molecule has 0 bridgehead atoms. The standard InChI is InChI=1S/C19H23N3O2/c1-15-6-5-8-17(20-15)19(23)21(2)14-16-7-3-4-9-18(16)22-10-12-24-13-11-22/h3-9H,10-14H2,1-2H3. The maximum atomic E-state index is 12.6. The van der Waals surface area contributed by atoms with E-state index in [1.165, 1.54) is 5.69 Å². The van der Waals surface area contributed by atoms with E-state index in [4.69, 9.17) is 4.74 Å². The van der Waals surface area contributed by atoms with Crippen molar-refractivity contribution in [2.75, 3.05) is 38.3 Å². The summed E-state index contributed by atoms with van der Waals surface area (Å²) in [5.74, 6) is -0.0597. The minimum atomic E-state index is -0.0597. The summed E-state index contributed by atoms with van der Waals surface area (Å²) >= 11 is 0. The van der Waals surface area contributed by atoms with Gasteiger partial charge < -0.3 is 14.5 Å². The van der Waals surface area contributed by atoms with Gasteiger partial charge in [-0.15, -0.1) is 0 Å². The fourth-order valence-corrected chi connectivity index (χ4v) is 2.94. The van der Waals surface area contributed by atoms with Crippen LogP contribution in [0.4, 0.5) is 5.69 Å². The van der Waals surface area contributed by atoms with Crippen LogP contribution in [-0.2, 0) is 11.3 Å². The molecule has 1 aliphatic rings. The number of carbonyl (C=O) groups excluding carboxylic acids is 1. The first-order valence-corrected chi connectivity index (χ1v) is 8.25. The summed E-state index contributed by atoms with van der Waals surface area (Å²) in [5.41, 5.74) is 3.66. The third kappa shape index (κ3) is 3.74. The zero-order chi connectivity index (χ0) is 16.9. The van der Waals surface area contributed by atoms with E-state index in [0.29, 0.717) is 12.2 Å². The molecule has 0 N–H and O–H groups in total. The van der Waals surface area contributed by atoms with E-state index in [9.17, 15) is 4.79 Å². The molecule has 1 aliphatic heterocycles. The number of hydrogen-bond donors (Lipinski definition) is 0. The minimum absolute atomic E-state index is 0.0597. The highest BCUT2D eigenvalue weighted by atomic mass is 16.5. The Kier molecular flexibility index (Phi) is 5.11. The average molecular weight is 325 g/mol. The van der Waals surface area contributed by atoms with Crippen molar-refractivity contribution in [1.82, 2.24) is 9.88 Å². The Morgan fingerprint density at radius 2 is 1.92 bits per heavy atom. The van der Waals surface area contributed by atoms with E-state index in [0.717, 1.165) is 37.6 Å². The lowest BCUT2D eigenvalue weighted by Crippen LogP contribution is -2.37. The molecule has 0 atom stereocenters. The molecule has 0 saturated carbocycles. The van der Waals surface area contributed by atoms with Crippen molar-refractivity contribution >= 4 is 11.6 Å². The van der Waals surface area contributed by atoms with Crippen molar-refractivity contribution < 1.29 is 9.53 Å². The van der Waals surface area contributed by atoms with Crippen LogP contribution in [0.15, 0.2) is 42.5 Å². The first kappa shape index (κ1) is 16.5. The molecule has 0 aliphatic carbocycles. The fraction of sp³-hybridized carbons (Fsp3) is 0.368. The number of ether oxygens (including phenoxy) is 1. The number of nitrogens with zero attached hydrogens (tertiary/aromatic N) is 3. The number of aryl methyl sites for hydroxylation is 1. The Balaban J connectivity index is 1.76. The highest BCUT2D eigenvalue weighted by molar-refractivity contribution is 5.92. The number of hydrogen-bond acceptors (Lipinski definition) is 4. The highest BCUT2D eigenvalue weighted by Gasteiger charge is 2.18. The highest BCUT2D eigenvalue weighted by Crippen LogP contribution is 2.23. The average Bonchev–Trinajstić information content (AvgIpc) is 2.62. The van der Waals surface area contributed by atoms with Crippen LogP contribution < -0.4 is 4.90 Å². The van der Waals surface area contributed by atoms with E-state index in [1.54, 1.807) is 11.0 Å². The molecule has 5 heteroatoms. The first-order chi connectivity index (χ1) is 11.6. The zero-order valence-corrected chi connectivity index (χ0v) is 14.2. The second-order valence-electron chi connectivity index (χ2n) is 6.05. The van der Waals surface area contributed by atoms with Crippen LogP contribution in [0.25, 0.3) is 0 Å². The van der Waals surface area contributed by atoms with Gasteiger partial charge in [0.05, 0.1) is 13.2 Å². The molecule has 1 aromatic carbocycles. The van der Waals surface area contributed by atoms with Gasteiger partial charge in [-0.25, -0.2) is 4.98 Å². The fourth-order valence-electron chi connectivity index (χ4n) is 2.94. The van der Waals surface area contributed by atoms with Gasteiger partial charge in [-0.1, -0.05) is 24.3 Å². The SMILES string of the molecule is Cc1cccc(C(=O)N(C)Cc2ccccc2N2CCOCC2)n1. The quantitative estimate of drug-likeness (QED) is 0.866. The maximum absolute atomic E-state index is 12.6. The van der Waals surface area contributed by atoms with Gasteiger partial charge in [0.2, 0.25) is 0 Å². The molecular weight excluding hydrogens is 302 g/mol. The van der Waals surface area contributed by atoms with Gasteiger partial charge >= 0.3 is 0 Å². The topological polar surface area (TPSA) is 45.7 Å². The van der Waals surface area contributed by atoms with E-state index in [2.05, 4.69) is 22.0 Å². The number of amides is 1. The number of morpholine rings is 1. The number of carbonyl (C=O) groups is 1. The van der Waals surface area contributed by atoms with Crippen LogP contribution in [0, 0.1) is 6.92 Å². The molecule has 0 radical (unpaired) electrons. The number of para-hydroxylation sites is 1. The van der Waals surface area contributed by atoms with Crippen LogP contribution in [0.2, 0.25) is 0 Å². The Labute approximate surface area is 142 Å². The molecule has 2 aromatic rings. The van der Waals surface area contributed by atoms with E-state index >= 15 is 0 Å². The van der Waals surface area contributed by atoms with E-state index in [1.807, 2.05) is 38.2 Å². The van der Waals surface area contributed by atoms with Crippen LogP contribution in [0.1, 0.15) is 21.7 Å². The number of pyridine rings is 1. The molecule has 24 heavy (non-hydrogen) atoms. The number of benzene rings is 1. The maximum Gasteiger partial charge on any atom is 0.272 e. The molecular formula is C19H23N3O2. The van der Waals surface area contributed by atoms with Gasteiger partial charge in [0, 0.05) is 38.1 Å². The van der Waals surface area contributed by atoms with Crippen molar-refractivity contribution in [3.05, 3.63) is 59.4 Å². The molecule has 0 unspecified atom stereocenters. The molecule has 2 heterocycles. The summed E-state index contributed by atoms with van der Waals surface area (Å²) in [4.78, 5) is 21.0. The smallest absolute Gasteiger partial charge is 0.272 e. The molecule has 1 saturated heterocycles. The predicted octanol–water partition coefficient (Wildman–Crippen LogP) is 2.50. The molecule has 1 fully saturated rings. The van der Waals surface area contributed by atoms with Crippen molar-refractivity contribution in [3.8, 4) is 0 Å². The van der Waals surface area contributed by atoms with Crippen molar-refractivity contribution in [2.24, 2.45) is 0 Å². The Hall–Kier alpha value is -2.40. The van der Waals surface area contributed by atoms with Gasteiger partial charge in [0.1, 0.15) is 5.69 Å². The molecule has 3 rings (SSSR count). The van der Waals surface area contributed by atoms with E-state index < -0.39 is 0 Å². The van der Waals surface area contributed by atoms with Crippen LogP contribution in [-0.4, -0.2) is 49.1 Å². The first-order valence-electron chi connectivity index (χ1n) is 8.25. The van der Waals surface area contributed by atoms with Crippen LogP contribution >= 0.6 is 0 Å². The minimum Gasteiger partial charge on any atom is -0.378 e. The van der Waals surface area contributed by atoms with Crippen molar-refractivity contribution in [2.45, 2.75) is 13.5 Å². The van der Waals surface area contributed by atoms with Crippen LogP contribution in [0.5, 0.6) is 0 Å². The third-order valence-corrected chi connectivity index (χ3v) is 4.21. The summed E-state index contributed by atoms with van der Waals surface area (Å²) < 4.78 is 5.43. The Bertz CT molecular complexity index is 711. The Morgan fingerprint density at radius 1 is 1.17 bits per heavy atom. The number of rotatable bonds is 4. The normalized spacial score (nSPS) is 14.5. The van der Waals surface area contributed by atoms with Gasteiger partial charge in [0.25, 0.3) is 5.91 Å². The summed E-state index contributed by atoms with van der Waals surface area (Å²) in [6.07, 6.45) is 0. The summed E-state index contributed by atoms with van der Waals surface area (Å²) in [6, 6.07) is 13.8. The summed E-state index contributed by atoms with van der Waals surface area (Å²) in [6.45, 7) is 5.71. The predicted molar refractivity (Wildman–Crippen MR) is 94.2 cm³/mol. The molecule has 1 aromatic heterocycles. The van der Waals surface area contributed by atoms with Crippen LogP contribution in [0.3, 0.4) is 0 Å². The van der Waals surface area contributed by atoms with Gasteiger partial charge in [-0.05, 0) is 30.7 Å². The largest absolute Gasteiger partial charge is 0.378 e. The van der Waals surface area contributed by atoms with Crippen molar-refractivity contribution in [3.63, 3.8) is 0 Å². The second-order valence-corrected chi connectivity index (χ2v) is 6.05. The zero-order valence-electron chi connectivity index (χ0n) is 14.2. The second kappa shape index (κ2) is 7.45. The Morgan fingerprint density at radius 3 is 2.67 bits per heavy atom. The summed E-state index contributed by atoms with van der Waals surface area (Å²) in [7, 11) is 1.82. The lowest BCUT2D eigenvalue weighted by Gasteiger charge is -2.31. The molecule has 126 valence electrons. The molecule has 5 nitrogen and oxygen atoms in total. The molecule has 1 amide bonds. The lowest BCUT2D eigenvalue weighted by molar-refractivity contribution is 0.0779. The molecule has 0 spiro atoms. The third-order valence-electron chi connectivity index (χ3n) is 4.21. The lowest BCUT2D eigenvalue weighted by atomic mass is 10.1.